The van der Waals surface area contributed by atoms with Crippen LogP contribution < -0.4 is 20.7 Å². The quantitative estimate of drug-likeness (QED) is 0.0798. The molecule has 1 saturated heterocycles. The second-order valence-electron chi connectivity index (χ2n) is 16.6. The van der Waals surface area contributed by atoms with Crippen molar-refractivity contribution in [3.05, 3.63) is 157 Å². The maximum absolute atomic E-state index is 7.55. The van der Waals surface area contributed by atoms with E-state index in [1.165, 1.54) is 26.3 Å². The van der Waals surface area contributed by atoms with Crippen molar-refractivity contribution < 1.29 is 23.1 Å². The van der Waals surface area contributed by atoms with Crippen LogP contribution >= 0.6 is 0 Å². The Bertz CT molecular complexity index is 1650. The van der Waals surface area contributed by atoms with Crippen molar-refractivity contribution in [2.24, 2.45) is 5.92 Å². The highest BCUT2D eigenvalue weighted by Crippen LogP contribution is 2.40. The minimum atomic E-state index is -2.92. The normalized spacial score (nSPS) is 15.6. The molecule has 1 fully saturated rings. The maximum atomic E-state index is 7.55. The van der Waals surface area contributed by atoms with E-state index in [1.54, 1.807) is 0 Å². The van der Waals surface area contributed by atoms with Gasteiger partial charge in [-0.15, -0.1) is 0 Å². The topological polar surface area (TPSA) is 46.2 Å². The Hall–Kier alpha value is -3.67. The molecule has 0 N–H and O–H groups in total. The van der Waals surface area contributed by atoms with Crippen molar-refractivity contribution >= 4 is 37.4 Å². The zero-order chi connectivity index (χ0) is 38.1. The molecule has 0 unspecified atom stereocenters. The lowest BCUT2D eigenvalue weighted by Crippen LogP contribution is -2.70. The van der Waals surface area contributed by atoms with Crippen LogP contribution in [0, 0.1) is 5.92 Å². The fourth-order valence-electron chi connectivity index (χ4n) is 7.98. The zero-order valence-electron chi connectivity index (χ0n) is 33.0. The van der Waals surface area contributed by atoms with Crippen LogP contribution in [0.4, 0.5) is 0 Å². The molecule has 0 spiro atoms. The molecule has 5 aromatic rings. The van der Waals surface area contributed by atoms with Crippen LogP contribution in [0.25, 0.3) is 0 Å². The summed E-state index contributed by atoms with van der Waals surface area (Å²) in [6.07, 6.45) is 0.841. The highest BCUT2D eigenvalue weighted by Gasteiger charge is 2.55. The highest BCUT2D eigenvalue weighted by atomic mass is 28.4. The Morgan fingerprint density at radius 3 is 1.19 bits per heavy atom. The molecule has 7 heteroatoms. The lowest BCUT2D eigenvalue weighted by atomic mass is 10.1. The Kier molecular flexibility index (Phi) is 12.9. The average molecular weight is 759 g/mol. The van der Waals surface area contributed by atoms with Crippen LogP contribution in [0.1, 0.15) is 53.5 Å². The van der Waals surface area contributed by atoms with Crippen molar-refractivity contribution in [3.8, 4) is 0 Å². The van der Waals surface area contributed by atoms with Gasteiger partial charge in [0.15, 0.2) is 0 Å². The first kappa shape index (κ1) is 40.0. The lowest BCUT2D eigenvalue weighted by molar-refractivity contribution is -0.305. The van der Waals surface area contributed by atoms with Gasteiger partial charge in [-0.3, -0.25) is 0 Å². The Morgan fingerprint density at radius 2 is 0.852 bits per heavy atom. The summed E-state index contributed by atoms with van der Waals surface area (Å²) in [4.78, 5) is 0. The van der Waals surface area contributed by atoms with Crippen molar-refractivity contribution in [2.45, 2.75) is 70.4 Å². The minimum absolute atomic E-state index is 0.189. The van der Waals surface area contributed by atoms with Gasteiger partial charge in [0.1, 0.15) is 0 Å². The number of rotatable bonds is 15. The van der Waals surface area contributed by atoms with Crippen molar-refractivity contribution in [3.63, 3.8) is 0 Å². The number of benzene rings is 5. The third kappa shape index (κ3) is 8.74. The van der Waals surface area contributed by atoms with Gasteiger partial charge in [-0.1, -0.05) is 193 Å². The summed E-state index contributed by atoms with van der Waals surface area (Å²) in [5, 5.41) is 4.46. The second kappa shape index (κ2) is 17.4. The third-order valence-corrected chi connectivity index (χ3v) is 20.8. The molecule has 5 nitrogen and oxygen atoms in total. The van der Waals surface area contributed by atoms with Gasteiger partial charge >= 0.3 is 0 Å². The Labute approximate surface area is 325 Å². The van der Waals surface area contributed by atoms with Gasteiger partial charge < -0.3 is 23.1 Å². The molecule has 0 saturated carbocycles. The summed E-state index contributed by atoms with van der Waals surface area (Å²) in [7, 11) is -5.84. The van der Waals surface area contributed by atoms with Crippen molar-refractivity contribution in [1.29, 1.82) is 0 Å². The number of hydrogen-bond donors (Lipinski definition) is 0. The molecular weight excluding hydrogens is 701 g/mol. The molecule has 0 atom stereocenters. The van der Waals surface area contributed by atoms with E-state index in [0.717, 1.165) is 6.42 Å². The zero-order valence-corrected chi connectivity index (χ0v) is 35.0. The van der Waals surface area contributed by atoms with Crippen LogP contribution in [-0.2, 0) is 29.7 Å². The SMILES string of the molecule is CC(C)(C)[Si](OCC1(CO[Si](c2ccccc2)(c2ccccc2)C(C)(C)C)OCC(CCOCc2ccccc2)CO1)(c1ccccc1)c1ccccc1. The van der Waals surface area contributed by atoms with Gasteiger partial charge in [0.25, 0.3) is 16.6 Å². The Balaban J connectivity index is 1.34. The molecule has 6 rings (SSSR count). The molecule has 5 aromatic carbocycles. The van der Waals surface area contributed by atoms with Gasteiger partial charge in [-0.05, 0) is 42.8 Å². The highest BCUT2D eigenvalue weighted by molar-refractivity contribution is 7.00. The van der Waals surface area contributed by atoms with E-state index in [2.05, 4.69) is 175 Å². The summed E-state index contributed by atoms with van der Waals surface area (Å²) >= 11 is 0. The van der Waals surface area contributed by atoms with E-state index in [1.807, 2.05) is 18.2 Å². The Morgan fingerprint density at radius 1 is 0.519 bits per heavy atom. The fraction of sp³-hybridized carbons (Fsp3) is 0.362. The van der Waals surface area contributed by atoms with Crippen molar-refractivity contribution in [2.75, 3.05) is 33.0 Å². The van der Waals surface area contributed by atoms with Crippen LogP contribution in [0.3, 0.4) is 0 Å². The van der Waals surface area contributed by atoms with Crippen LogP contribution in [0.2, 0.25) is 10.1 Å². The van der Waals surface area contributed by atoms with E-state index >= 15 is 0 Å². The monoisotopic (exact) mass is 758 g/mol. The summed E-state index contributed by atoms with van der Waals surface area (Å²) in [6, 6.07) is 53.4. The molecule has 284 valence electrons. The summed E-state index contributed by atoms with van der Waals surface area (Å²) < 4.78 is 35.1. The molecule has 0 radical (unpaired) electrons. The largest absolute Gasteiger partial charge is 0.402 e. The molecule has 0 amide bonds. The third-order valence-electron chi connectivity index (χ3n) is 10.8. The predicted molar refractivity (Wildman–Crippen MR) is 226 cm³/mol. The molecule has 0 aromatic heterocycles. The van der Waals surface area contributed by atoms with E-state index in [0.29, 0.717) is 26.4 Å². The molecular formula is C47H58O5Si2. The smallest absolute Gasteiger partial charge is 0.261 e. The van der Waals surface area contributed by atoms with Gasteiger partial charge in [-0.25, -0.2) is 0 Å². The van der Waals surface area contributed by atoms with Crippen LogP contribution in [0.15, 0.2) is 152 Å². The molecule has 0 bridgehead atoms. The van der Waals surface area contributed by atoms with E-state index < -0.39 is 22.4 Å². The molecule has 0 aliphatic carbocycles. The van der Waals surface area contributed by atoms with Crippen molar-refractivity contribution in [1.82, 2.24) is 0 Å². The first-order chi connectivity index (χ1) is 26.0. The first-order valence-corrected chi connectivity index (χ1v) is 23.2. The maximum Gasteiger partial charge on any atom is 0.261 e. The van der Waals surface area contributed by atoms with E-state index in [4.69, 9.17) is 23.1 Å². The molecule has 54 heavy (non-hydrogen) atoms. The first-order valence-electron chi connectivity index (χ1n) is 19.4. The molecule has 1 aliphatic heterocycles. The molecule has 1 aliphatic rings. The van der Waals surface area contributed by atoms with Gasteiger partial charge in [0, 0.05) is 12.5 Å². The van der Waals surface area contributed by atoms with Crippen LogP contribution in [-0.4, -0.2) is 55.5 Å². The van der Waals surface area contributed by atoms with Gasteiger partial charge in [0.2, 0.25) is 5.79 Å². The minimum Gasteiger partial charge on any atom is -0.402 e. The van der Waals surface area contributed by atoms with Gasteiger partial charge in [0.05, 0.1) is 33.0 Å². The second-order valence-corrected chi connectivity index (χ2v) is 25.2. The molecule has 1 heterocycles. The summed E-state index contributed by atoms with van der Waals surface area (Å²) in [5.74, 6) is -0.934. The lowest BCUT2D eigenvalue weighted by Gasteiger charge is -2.49. The van der Waals surface area contributed by atoms with E-state index in [9.17, 15) is 0 Å². The summed E-state index contributed by atoms with van der Waals surface area (Å²) in [6.45, 7) is 16.6. The standard InChI is InChI=1S/C47H58O5Si2/c1-45(2,3)53(41-24-14-8-15-25-41,42-26-16-9-17-27-42)51-37-47(49-35-40(36-50-47)32-33-48-34-39-22-12-7-13-23-39)38-52-54(46(4,5)6,43-28-18-10-19-29-43)44-30-20-11-21-31-44/h7-31,40H,32-38H2,1-6H3. The summed E-state index contributed by atoms with van der Waals surface area (Å²) in [5.41, 5.74) is 1.17. The van der Waals surface area contributed by atoms with Gasteiger partial charge in [-0.2, -0.15) is 0 Å². The number of hydrogen-bond acceptors (Lipinski definition) is 5. The fourth-order valence-corrected chi connectivity index (χ4v) is 17.2. The van der Waals surface area contributed by atoms with Crippen LogP contribution in [0.5, 0.6) is 0 Å². The van der Waals surface area contributed by atoms with E-state index in [-0.39, 0.29) is 29.2 Å². The average Bonchev–Trinajstić information content (AvgIpc) is 3.19. The number of ether oxygens (including phenoxy) is 3. The predicted octanol–water partition coefficient (Wildman–Crippen LogP) is 8.11.